The summed E-state index contributed by atoms with van der Waals surface area (Å²) in [5.41, 5.74) is -0.166. The van der Waals surface area contributed by atoms with Crippen LogP contribution in [0.3, 0.4) is 0 Å². The van der Waals surface area contributed by atoms with Gasteiger partial charge in [-0.1, -0.05) is 20.8 Å². The molecule has 0 saturated carbocycles. The van der Waals surface area contributed by atoms with E-state index in [2.05, 4.69) is 12.6 Å². The molecule has 0 N–H and O–H groups in total. The minimum absolute atomic E-state index is 0.0903. The second kappa shape index (κ2) is 3.51. The lowest BCUT2D eigenvalue weighted by atomic mass is 9.80. The molecule has 3 nitrogen and oxygen atoms in total. The summed E-state index contributed by atoms with van der Waals surface area (Å²) in [7, 11) is 0. The van der Waals surface area contributed by atoms with Crippen LogP contribution in [0.2, 0.25) is 0 Å². The molecule has 0 aromatic heterocycles. The maximum absolute atomic E-state index is 12.1. The molecular formula is C11H19NO2S. The molecule has 2 amide bonds. The number of hydrogen-bond acceptors (Lipinski definition) is 3. The van der Waals surface area contributed by atoms with Gasteiger partial charge < -0.3 is 0 Å². The number of carbonyl (C=O) groups excluding carboxylic acids is 2. The third kappa shape index (κ3) is 2.36. The van der Waals surface area contributed by atoms with Crippen LogP contribution in [0.1, 0.15) is 41.0 Å². The molecule has 1 saturated heterocycles. The van der Waals surface area contributed by atoms with Crippen LogP contribution >= 0.6 is 12.6 Å². The molecule has 1 aliphatic heterocycles. The molecule has 0 spiro atoms. The molecular weight excluding hydrogens is 210 g/mol. The highest BCUT2D eigenvalue weighted by molar-refractivity contribution is 7.81. The Morgan fingerprint density at radius 1 is 1.20 bits per heavy atom. The molecule has 1 atom stereocenters. The van der Waals surface area contributed by atoms with Crippen molar-refractivity contribution in [2.75, 3.05) is 0 Å². The van der Waals surface area contributed by atoms with Crippen LogP contribution in [-0.2, 0) is 9.59 Å². The van der Waals surface area contributed by atoms with Gasteiger partial charge >= 0.3 is 0 Å². The second-order valence-electron chi connectivity index (χ2n) is 5.68. The first-order chi connectivity index (χ1) is 6.55. The van der Waals surface area contributed by atoms with E-state index in [1.54, 1.807) is 13.8 Å². The molecule has 0 bridgehead atoms. The van der Waals surface area contributed by atoms with Crippen molar-refractivity contribution < 1.29 is 9.59 Å². The number of carbonyl (C=O) groups is 2. The fourth-order valence-electron chi connectivity index (χ4n) is 1.88. The Kier molecular flexibility index (Phi) is 2.94. The zero-order valence-corrected chi connectivity index (χ0v) is 10.9. The Morgan fingerprint density at radius 2 is 1.67 bits per heavy atom. The van der Waals surface area contributed by atoms with Gasteiger partial charge in [0.2, 0.25) is 11.8 Å². The fraction of sp³-hybridized carbons (Fsp3) is 0.818. The minimum atomic E-state index is -0.700. The maximum atomic E-state index is 12.1. The summed E-state index contributed by atoms with van der Waals surface area (Å²) in [6, 6.07) is 0. The van der Waals surface area contributed by atoms with E-state index in [0.29, 0.717) is 6.42 Å². The fourth-order valence-corrected chi connectivity index (χ4v) is 2.09. The first-order valence-electron chi connectivity index (χ1n) is 5.14. The number of rotatable bonds is 1. The molecule has 1 heterocycles. The molecule has 0 aromatic rings. The first-order valence-corrected chi connectivity index (χ1v) is 5.59. The SMILES string of the molecule is CC(C)(C)C1CC(=O)N(C(C)(C)S)C1=O. The highest BCUT2D eigenvalue weighted by Gasteiger charge is 2.48. The maximum Gasteiger partial charge on any atom is 0.234 e. The van der Waals surface area contributed by atoms with E-state index in [-0.39, 0.29) is 23.1 Å². The summed E-state index contributed by atoms with van der Waals surface area (Å²) in [6.07, 6.45) is 0.312. The van der Waals surface area contributed by atoms with Gasteiger partial charge in [0, 0.05) is 6.42 Å². The van der Waals surface area contributed by atoms with E-state index >= 15 is 0 Å². The highest BCUT2D eigenvalue weighted by atomic mass is 32.1. The highest BCUT2D eigenvalue weighted by Crippen LogP contribution is 2.38. The number of likely N-dealkylation sites (tertiary alicyclic amines) is 1. The average Bonchev–Trinajstić information content (AvgIpc) is 2.22. The lowest BCUT2D eigenvalue weighted by Gasteiger charge is -2.31. The van der Waals surface area contributed by atoms with E-state index in [9.17, 15) is 9.59 Å². The van der Waals surface area contributed by atoms with Gasteiger partial charge in [0.1, 0.15) is 0 Å². The van der Waals surface area contributed by atoms with Crippen LogP contribution in [-0.4, -0.2) is 21.6 Å². The molecule has 1 aliphatic rings. The van der Waals surface area contributed by atoms with Crippen LogP contribution in [0.25, 0.3) is 0 Å². The minimum Gasteiger partial charge on any atom is -0.274 e. The van der Waals surface area contributed by atoms with Crippen molar-refractivity contribution in [3.63, 3.8) is 0 Å². The predicted molar refractivity (Wildman–Crippen MR) is 62.5 cm³/mol. The zero-order valence-electron chi connectivity index (χ0n) is 10.00. The largest absolute Gasteiger partial charge is 0.274 e. The molecule has 86 valence electrons. The quantitative estimate of drug-likeness (QED) is 0.552. The summed E-state index contributed by atoms with van der Waals surface area (Å²) in [5.74, 6) is -0.413. The van der Waals surface area contributed by atoms with Crippen molar-refractivity contribution in [3.8, 4) is 0 Å². The van der Waals surface area contributed by atoms with E-state index in [1.165, 1.54) is 4.90 Å². The molecule has 0 radical (unpaired) electrons. The Bertz CT molecular complexity index is 299. The number of nitrogens with zero attached hydrogens (tertiary/aromatic N) is 1. The third-order valence-corrected chi connectivity index (χ3v) is 2.94. The van der Waals surface area contributed by atoms with Gasteiger partial charge in [0.25, 0.3) is 0 Å². The van der Waals surface area contributed by atoms with Crippen LogP contribution in [0.4, 0.5) is 0 Å². The topological polar surface area (TPSA) is 37.4 Å². The van der Waals surface area contributed by atoms with Gasteiger partial charge in [-0.25, -0.2) is 0 Å². The Hall–Kier alpha value is -0.510. The van der Waals surface area contributed by atoms with Gasteiger partial charge in [0.15, 0.2) is 0 Å². The molecule has 1 rings (SSSR count). The molecule has 1 unspecified atom stereocenters. The number of hydrogen-bond donors (Lipinski definition) is 1. The lowest BCUT2D eigenvalue weighted by molar-refractivity contribution is -0.143. The first kappa shape index (κ1) is 12.6. The monoisotopic (exact) mass is 229 g/mol. The van der Waals surface area contributed by atoms with Crippen molar-refractivity contribution >= 4 is 24.4 Å². The molecule has 0 aliphatic carbocycles. The van der Waals surface area contributed by atoms with Gasteiger partial charge in [-0.3, -0.25) is 14.5 Å². The normalized spacial score (nSPS) is 23.9. The predicted octanol–water partition coefficient (Wildman–Crippen LogP) is 2.07. The average molecular weight is 229 g/mol. The number of imide groups is 1. The van der Waals surface area contributed by atoms with Crippen LogP contribution in [0.5, 0.6) is 0 Å². The molecule has 1 fully saturated rings. The van der Waals surface area contributed by atoms with Crippen LogP contribution in [0, 0.1) is 11.3 Å². The van der Waals surface area contributed by atoms with Crippen LogP contribution < -0.4 is 0 Å². The zero-order chi connectivity index (χ0) is 12.0. The van der Waals surface area contributed by atoms with E-state index in [0.717, 1.165) is 0 Å². The number of thiol groups is 1. The van der Waals surface area contributed by atoms with Crippen molar-refractivity contribution in [1.29, 1.82) is 0 Å². The van der Waals surface area contributed by atoms with E-state index in [4.69, 9.17) is 0 Å². The lowest BCUT2D eigenvalue weighted by Crippen LogP contribution is -2.45. The Morgan fingerprint density at radius 3 is 1.87 bits per heavy atom. The van der Waals surface area contributed by atoms with E-state index in [1.807, 2.05) is 20.8 Å². The van der Waals surface area contributed by atoms with Gasteiger partial charge in [0.05, 0.1) is 10.8 Å². The van der Waals surface area contributed by atoms with Gasteiger partial charge in [-0.05, 0) is 19.3 Å². The molecule has 4 heteroatoms. The smallest absolute Gasteiger partial charge is 0.234 e. The summed E-state index contributed by atoms with van der Waals surface area (Å²) < 4.78 is 0. The standard InChI is InChI=1S/C11H19NO2S/c1-10(2,3)7-6-8(13)12(9(7)14)11(4,5)15/h7,15H,6H2,1-5H3. The van der Waals surface area contributed by atoms with Crippen LogP contribution in [0.15, 0.2) is 0 Å². The summed E-state index contributed by atoms with van der Waals surface area (Å²) in [5, 5.41) is 0. The summed E-state index contributed by atoms with van der Waals surface area (Å²) in [6.45, 7) is 9.47. The Labute approximate surface area is 96.6 Å². The second-order valence-corrected chi connectivity index (χ2v) is 6.78. The van der Waals surface area contributed by atoms with E-state index < -0.39 is 4.87 Å². The molecule has 0 aromatic carbocycles. The van der Waals surface area contributed by atoms with Crippen molar-refractivity contribution in [1.82, 2.24) is 4.90 Å². The summed E-state index contributed by atoms with van der Waals surface area (Å²) >= 11 is 4.29. The van der Waals surface area contributed by atoms with Crippen molar-refractivity contribution in [3.05, 3.63) is 0 Å². The van der Waals surface area contributed by atoms with Gasteiger partial charge in [-0.2, -0.15) is 12.6 Å². The van der Waals surface area contributed by atoms with Crippen molar-refractivity contribution in [2.24, 2.45) is 11.3 Å². The number of amides is 2. The van der Waals surface area contributed by atoms with Crippen molar-refractivity contribution in [2.45, 2.75) is 45.9 Å². The third-order valence-electron chi connectivity index (χ3n) is 2.74. The molecule has 15 heavy (non-hydrogen) atoms. The Balaban J connectivity index is 3.00. The van der Waals surface area contributed by atoms with Gasteiger partial charge in [-0.15, -0.1) is 0 Å². The summed E-state index contributed by atoms with van der Waals surface area (Å²) in [4.78, 5) is 24.4.